The first kappa shape index (κ1) is 21.7. The quantitative estimate of drug-likeness (QED) is 0.193. The lowest BCUT2D eigenvalue weighted by molar-refractivity contribution is 1.57. The average Bonchev–Trinajstić information content (AvgIpc) is 3.02. The van der Waals surface area contributed by atoms with E-state index in [9.17, 15) is 0 Å². The van der Waals surface area contributed by atoms with Crippen LogP contribution in [0.3, 0.4) is 0 Å². The van der Waals surface area contributed by atoms with Gasteiger partial charge in [0.15, 0.2) is 0 Å². The molecule has 0 heterocycles. The minimum Gasteiger partial charge on any atom is -0.0616 e. The lowest BCUT2D eigenvalue weighted by atomic mass is 9.78. The predicted octanol–water partition coefficient (Wildman–Crippen LogP) is 11.3. The van der Waals surface area contributed by atoms with Gasteiger partial charge in [-0.2, -0.15) is 0 Å². The molecule has 0 fully saturated rings. The topological polar surface area (TPSA) is 0 Å². The van der Waals surface area contributed by atoms with Crippen molar-refractivity contribution < 1.29 is 0 Å². The van der Waals surface area contributed by atoms with E-state index in [4.69, 9.17) is 0 Å². The van der Waals surface area contributed by atoms with Gasteiger partial charge in [0, 0.05) is 0 Å². The molecule has 0 aliphatic heterocycles. The maximum Gasteiger partial charge on any atom is -0.00923 e. The molecule has 0 radical (unpaired) electrons. The molecule has 0 saturated heterocycles. The van der Waals surface area contributed by atoms with Crippen molar-refractivity contribution in [3.05, 3.63) is 146 Å². The SMILES string of the molecule is c1ccc2cc3c(cc2c1)-c1cc2ccccc2cc1-c1cc2ccccc2cc1-c1cc2ccccc2cc1-3. The second kappa shape index (κ2) is 8.15. The largest absolute Gasteiger partial charge is 0.0616 e. The third kappa shape index (κ3) is 3.14. The summed E-state index contributed by atoms with van der Waals surface area (Å²) < 4.78 is 0. The first-order valence-electron chi connectivity index (χ1n) is 13.9. The van der Waals surface area contributed by atoms with Gasteiger partial charge in [0.05, 0.1) is 0 Å². The number of fused-ring (bicyclic) bond motifs is 12. The van der Waals surface area contributed by atoms with Gasteiger partial charge >= 0.3 is 0 Å². The Bertz CT molecular complexity index is 1800. The number of benzene rings is 8. The van der Waals surface area contributed by atoms with Crippen molar-refractivity contribution >= 4 is 43.1 Å². The Balaban J connectivity index is 1.54. The molecule has 0 amide bonds. The van der Waals surface area contributed by atoms with Gasteiger partial charge in [-0.3, -0.25) is 0 Å². The maximum absolute atomic E-state index is 2.41. The molecule has 40 heavy (non-hydrogen) atoms. The van der Waals surface area contributed by atoms with E-state index in [1.54, 1.807) is 0 Å². The molecule has 0 bridgehead atoms. The minimum atomic E-state index is 1.27. The van der Waals surface area contributed by atoms with Crippen molar-refractivity contribution in [2.75, 3.05) is 0 Å². The highest BCUT2D eigenvalue weighted by molar-refractivity contribution is 6.13. The standard InChI is InChI=1S/C40H24/c1-2-10-26-18-34-33(17-25(26)9-1)35-19-27-11-3-4-13-29(27)21-37(35)39-23-31-15-7-8-16-32(31)24-40(39)38-22-30-14-6-5-12-28(30)20-36(34)38/h1-24H. The molecule has 0 heteroatoms. The van der Waals surface area contributed by atoms with E-state index < -0.39 is 0 Å². The van der Waals surface area contributed by atoms with Crippen molar-refractivity contribution in [1.29, 1.82) is 0 Å². The molecule has 0 unspecified atom stereocenters. The van der Waals surface area contributed by atoms with Crippen molar-refractivity contribution in [3.63, 3.8) is 0 Å². The Labute approximate surface area is 232 Å². The molecule has 0 atom stereocenters. The van der Waals surface area contributed by atoms with Crippen LogP contribution in [0.1, 0.15) is 0 Å². The number of hydrogen-bond donors (Lipinski definition) is 0. The zero-order chi connectivity index (χ0) is 26.2. The average molecular weight is 505 g/mol. The summed E-state index contributed by atoms with van der Waals surface area (Å²) in [5.41, 5.74) is 10.3. The summed E-state index contributed by atoms with van der Waals surface area (Å²) in [7, 11) is 0. The summed E-state index contributed by atoms with van der Waals surface area (Å²) in [4.78, 5) is 0. The lowest BCUT2D eigenvalue weighted by Crippen LogP contribution is -1.98. The highest BCUT2D eigenvalue weighted by atomic mass is 14.3. The monoisotopic (exact) mass is 504 g/mol. The van der Waals surface area contributed by atoms with Gasteiger partial charge < -0.3 is 0 Å². The summed E-state index contributed by atoms with van der Waals surface area (Å²) in [6, 6.07) is 54.2. The van der Waals surface area contributed by atoms with E-state index >= 15 is 0 Å². The molecule has 1 aliphatic carbocycles. The molecule has 0 saturated carbocycles. The Morgan fingerprint density at radius 3 is 0.425 bits per heavy atom. The van der Waals surface area contributed by atoms with Gasteiger partial charge in [0.2, 0.25) is 0 Å². The first-order chi connectivity index (χ1) is 19.8. The molecular weight excluding hydrogens is 480 g/mol. The van der Waals surface area contributed by atoms with E-state index in [1.807, 2.05) is 0 Å². The molecule has 184 valence electrons. The molecule has 1 aliphatic rings. The van der Waals surface area contributed by atoms with E-state index in [1.165, 1.54) is 87.6 Å². The van der Waals surface area contributed by atoms with Gasteiger partial charge in [-0.15, -0.1) is 0 Å². The molecular formula is C40H24. The third-order valence-corrected chi connectivity index (χ3v) is 8.70. The molecule has 0 aromatic heterocycles. The summed E-state index contributed by atoms with van der Waals surface area (Å²) in [6.45, 7) is 0. The third-order valence-electron chi connectivity index (χ3n) is 8.70. The van der Waals surface area contributed by atoms with Crippen molar-refractivity contribution in [2.45, 2.75) is 0 Å². The van der Waals surface area contributed by atoms with E-state index in [2.05, 4.69) is 146 Å². The molecule has 0 N–H and O–H groups in total. The Morgan fingerprint density at radius 1 is 0.175 bits per heavy atom. The Kier molecular flexibility index (Phi) is 4.42. The van der Waals surface area contributed by atoms with Crippen molar-refractivity contribution in [1.82, 2.24) is 0 Å². The lowest BCUT2D eigenvalue weighted by Gasteiger charge is -2.25. The second-order valence-electron chi connectivity index (χ2n) is 11.0. The van der Waals surface area contributed by atoms with Crippen LogP contribution < -0.4 is 0 Å². The van der Waals surface area contributed by atoms with E-state index in [-0.39, 0.29) is 0 Å². The minimum absolute atomic E-state index is 1.27. The molecule has 0 nitrogen and oxygen atoms in total. The second-order valence-corrected chi connectivity index (χ2v) is 11.0. The Morgan fingerprint density at radius 2 is 0.300 bits per heavy atom. The summed E-state index contributed by atoms with van der Waals surface area (Å²) >= 11 is 0. The highest BCUT2D eigenvalue weighted by Crippen LogP contribution is 2.51. The van der Waals surface area contributed by atoms with Crippen LogP contribution in [0.4, 0.5) is 0 Å². The summed E-state index contributed by atoms with van der Waals surface area (Å²) in [5, 5.41) is 10.1. The van der Waals surface area contributed by atoms with E-state index in [0.29, 0.717) is 0 Å². The van der Waals surface area contributed by atoms with Gasteiger partial charge in [0.25, 0.3) is 0 Å². The van der Waals surface area contributed by atoms with Gasteiger partial charge in [-0.05, 0) is 136 Å². The highest BCUT2D eigenvalue weighted by Gasteiger charge is 2.24. The van der Waals surface area contributed by atoms with Crippen LogP contribution in [0.2, 0.25) is 0 Å². The van der Waals surface area contributed by atoms with Gasteiger partial charge in [0.1, 0.15) is 0 Å². The van der Waals surface area contributed by atoms with Crippen LogP contribution >= 0.6 is 0 Å². The molecule has 8 aromatic carbocycles. The van der Waals surface area contributed by atoms with E-state index in [0.717, 1.165) is 0 Å². The van der Waals surface area contributed by atoms with Crippen LogP contribution in [0.25, 0.3) is 87.6 Å². The number of hydrogen-bond acceptors (Lipinski definition) is 0. The smallest absolute Gasteiger partial charge is 0.00923 e. The predicted molar refractivity (Wildman–Crippen MR) is 172 cm³/mol. The maximum atomic E-state index is 2.41. The fourth-order valence-electron chi connectivity index (χ4n) is 6.74. The van der Waals surface area contributed by atoms with Crippen LogP contribution in [0.15, 0.2) is 146 Å². The van der Waals surface area contributed by atoms with Crippen LogP contribution in [-0.2, 0) is 0 Å². The van der Waals surface area contributed by atoms with Crippen molar-refractivity contribution in [3.8, 4) is 44.5 Å². The molecule has 8 aromatic rings. The van der Waals surface area contributed by atoms with Crippen molar-refractivity contribution in [2.24, 2.45) is 0 Å². The summed E-state index contributed by atoms with van der Waals surface area (Å²) in [6.07, 6.45) is 0. The zero-order valence-corrected chi connectivity index (χ0v) is 21.9. The summed E-state index contributed by atoms with van der Waals surface area (Å²) in [5.74, 6) is 0. The van der Waals surface area contributed by atoms with Crippen LogP contribution in [0, 0.1) is 0 Å². The Hall–Kier alpha value is -5.20. The first-order valence-corrected chi connectivity index (χ1v) is 13.9. The fourth-order valence-corrected chi connectivity index (χ4v) is 6.74. The molecule has 9 rings (SSSR count). The molecule has 0 spiro atoms. The number of rotatable bonds is 0. The van der Waals surface area contributed by atoms with Crippen LogP contribution in [-0.4, -0.2) is 0 Å². The zero-order valence-electron chi connectivity index (χ0n) is 21.9. The van der Waals surface area contributed by atoms with Gasteiger partial charge in [-0.1, -0.05) is 97.1 Å². The van der Waals surface area contributed by atoms with Gasteiger partial charge in [-0.25, -0.2) is 0 Å². The fraction of sp³-hybridized carbons (Fsp3) is 0. The van der Waals surface area contributed by atoms with Crippen LogP contribution in [0.5, 0.6) is 0 Å². The normalized spacial score (nSPS) is 12.0.